The van der Waals surface area contributed by atoms with Gasteiger partial charge in [0.2, 0.25) is 0 Å². The Bertz CT molecular complexity index is 405. The molecule has 0 aliphatic heterocycles. The molecule has 4 heteroatoms. The van der Waals surface area contributed by atoms with Crippen LogP contribution in [0.4, 0.5) is 11.4 Å². The number of hydrogen-bond donors (Lipinski definition) is 3. The summed E-state index contributed by atoms with van der Waals surface area (Å²) in [4.78, 5) is 0. The number of rotatable bonds is 4. The summed E-state index contributed by atoms with van der Waals surface area (Å²) in [5.41, 5.74) is 6.95. The normalized spacial score (nSPS) is 13.9. The maximum absolute atomic E-state index is 9.29. The van der Waals surface area contributed by atoms with Gasteiger partial charge in [-0.25, -0.2) is 0 Å². The molecule has 0 radical (unpaired) electrons. The molecule has 0 amide bonds. The minimum absolute atomic E-state index is 0.0126. The quantitative estimate of drug-likeness (QED) is 0.673. The zero-order chi connectivity index (χ0) is 12.2. The van der Waals surface area contributed by atoms with Crippen LogP contribution in [0.2, 0.25) is 0 Å². The van der Waals surface area contributed by atoms with Gasteiger partial charge >= 0.3 is 0 Å². The van der Waals surface area contributed by atoms with Crippen LogP contribution in [0.15, 0.2) is 18.2 Å². The lowest BCUT2D eigenvalue weighted by Crippen LogP contribution is -2.38. The number of anilines is 2. The fourth-order valence-electron chi connectivity index (χ4n) is 1.33. The number of nitrogens with one attached hydrogen (secondary N) is 1. The average Bonchev–Trinajstić information content (AvgIpc) is 2.31. The van der Waals surface area contributed by atoms with Crippen LogP contribution in [0, 0.1) is 11.3 Å². The van der Waals surface area contributed by atoms with Gasteiger partial charge in [-0.2, -0.15) is 5.26 Å². The largest absolute Gasteiger partial charge is 0.399 e. The van der Waals surface area contributed by atoms with E-state index in [1.165, 1.54) is 0 Å². The topological polar surface area (TPSA) is 82.1 Å². The van der Waals surface area contributed by atoms with Crippen molar-refractivity contribution < 1.29 is 5.11 Å². The molecule has 86 valence electrons. The van der Waals surface area contributed by atoms with E-state index >= 15 is 0 Å². The van der Waals surface area contributed by atoms with E-state index in [9.17, 15) is 5.11 Å². The molecule has 1 unspecified atom stereocenters. The van der Waals surface area contributed by atoms with Gasteiger partial charge in [-0.15, -0.1) is 0 Å². The van der Waals surface area contributed by atoms with E-state index < -0.39 is 5.54 Å². The van der Waals surface area contributed by atoms with Gasteiger partial charge in [-0.3, -0.25) is 0 Å². The second-order valence-corrected chi connectivity index (χ2v) is 4.11. The lowest BCUT2D eigenvalue weighted by molar-refractivity contribution is 0.219. The predicted octanol–water partition coefficient (Wildman–Crippen LogP) is 1.71. The van der Waals surface area contributed by atoms with Crippen LogP contribution in [0.5, 0.6) is 0 Å². The van der Waals surface area contributed by atoms with E-state index in [-0.39, 0.29) is 6.61 Å². The molecule has 1 rings (SSSR count). The van der Waals surface area contributed by atoms with Crippen molar-refractivity contribution in [2.75, 3.05) is 17.7 Å². The summed E-state index contributed by atoms with van der Waals surface area (Å²) in [6.07, 6.45) is 0.763. The monoisotopic (exact) mass is 219 g/mol. The Balaban J connectivity index is 3.02. The van der Waals surface area contributed by atoms with Gasteiger partial charge in [0, 0.05) is 5.69 Å². The van der Waals surface area contributed by atoms with Gasteiger partial charge in [0.1, 0.15) is 6.07 Å². The van der Waals surface area contributed by atoms with Crippen molar-refractivity contribution in [3.05, 3.63) is 23.8 Å². The number of nitrogen functional groups attached to an aromatic ring is 1. The summed E-state index contributed by atoms with van der Waals surface area (Å²) in [5.74, 6) is 0. The van der Waals surface area contributed by atoms with Crippen molar-refractivity contribution in [3.63, 3.8) is 0 Å². The minimum atomic E-state index is -0.415. The third-order valence-corrected chi connectivity index (χ3v) is 2.73. The van der Waals surface area contributed by atoms with E-state index in [1.807, 2.05) is 13.8 Å². The van der Waals surface area contributed by atoms with Gasteiger partial charge in [0.15, 0.2) is 0 Å². The van der Waals surface area contributed by atoms with Crippen molar-refractivity contribution in [2.45, 2.75) is 25.8 Å². The van der Waals surface area contributed by atoms with Crippen LogP contribution in [0.25, 0.3) is 0 Å². The van der Waals surface area contributed by atoms with Gasteiger partial charge in [0.25, 0.3) is 0 Å². The molecule has 0 aliphatic carbocycles. The molecule has 16 heavy (non-hydrogen) atoms. The fraction of sp³-hybridized carbons (Fsp3) is 0.417. The number of nitrogens with zero attached hydrogens (tertiary/aromatic N) is 1. The number of aliphatic hydroxyl groups is 1. The zero-order valence-corrected chi connectivity index (χ0v) is 9.62. The first-order valence-electron chi connectivity index (χ1n) is 5.23. The maximum Gasteiger partial charge on any atom is 0.101 e. The van der Waals surface area contributed by atoms with E-state index in [2.05, 4.69) is 11.4 Å². The van der Waals surface area contributed by atoms with Crippen LogP contribution in [-0.4, -0.2) is 17.3 Å². The Morgan fingerprint density at radius 3 is 2.75 bits per heavy atom. The predicted molar refractivity (Wildman–Crippen MR) is 65.0 cm³/mol. The summed E-state index contributed by atoms with van der Waals surface area (Å²) in [6.45, 7) is 3.90. The Kier molecular flexibility index (Phi) is 3.75. The zero-order valence-electron chi connectivity index (χ0n) is 9.62. The van der Waals surface area contributed by atoms with Crippen molar-refractivity contribution >= 4 is 11.4 Å². The average molecular weight is 219 g/mol. The molecule has 0 spiro atoms. The van der Waals surface area contributed by atoms with Crippen LogP contribution in [-0.2, 0) is 0 Å². The molecule has 0 saturated heterocycles. The highest BCUT2D eigenvalue weighted by atomic mass is 16.3. The highest BCUT2D eigenvalue weighted by molar-refractivity contribution is 5.63. The number of nitrogens with two attached hydrogens (primary N) is 1. The number of nitriles is 1. The standard InChI is InChI=1S/C12H17N3O/c1-3-12(2,8-16)15-11-5-4-10(14)6-9(11)7-13/h4-6,15-16H,3,8,14H2,1-2H3. The number of hydrogen-bond acceptors (Lipinski definition) is 4. The lowest BCUT2D eigenvalue weighted by atomic mass is 9.99. The Morgan fingerprint density at radius 1 is 1.56 bits per heavy atom. The molecular formula is C12H17N3O. The van der Waals surface area contributed by atoms with E-state index in [0.29, 0.717) is 16.9 Å². The summed E-state index contributed by atoms with van der Waals surface area (Å²) in [6, 6.07) is 7.20. The molecule has 4 nitrogen and oxygen atoms in total. The second-order valence-electron chi connectivity index (χ2n) is 4.11. The van der Waals surface area contributed by atoms with Crippen LogP contribution >= 0.6 is 0 Å². The van der Waals surface area contributed by atoms with E-state index in [1.54, 1.807) is 18.2 Å². The van der Waals surface area contributed by atoms with E-state index in [4.69, 9.17) is 11.0 Å². The first-order valence-corrected chi connectivity index (χ1v) is 5.23. The van der Waals surface area contributed by atoms with Gasteiger partial charge in [0.05, 0.1) is 23.4 Å². The molecule has 0 saturated carbocycles. The minimum Gasteiger partial charge on any atom is -0.399 e. The van der Waals surface area contributed by atoms with Crippen LogP contribution in [0.3, 0.4) is 0 Å². The lowest BCUT2D eigenvalue weighted by Gasteiger charge is -2.29. The van der Waals surface area contributed by atoms with E-state index in [0.717, 1.165) is 6.42 Å². The molecule has 1 aromatic carbocycles. The second kappa shape index (κ2) is 4.86. The summed E-state index contributed by atoms with van der Waals surface area (Å²) >= 11 is 0. The third-order valence-electron chi connectivity index (χ3n) is 2.73. The molecular weight excluding hydrogens is 202 g/mol. The Hall–Kier alpha value is -1.73. The number of aliphatic hydroxyl groups excluding tert-OH is 1. The molecule has 4 N–H and O–H groups in total. The fourth-order valence-corrected chi connectivity index (χ4v) is 1.33. The molecule has 1 atom stereocenters. The maximum atomic E-state index is 9.29. The van der Waals surface area contributed by atoms with Crippen molar-refractivity contribution in [2.24, 2.45) is 0 Å². The molecule has 0 aliphatic rings. The van der Waals surface area contributed by atoms with Crippen molar-refractivity contribution in [1.29, 1.82) is 5.26 Å². The Labute approximate surface area is 95.7 Å². The van der Waals surface area contributed by atoms with Crippen LogP contribution in [0.1, 0.15) is 25.8 Å². The molecule has 1 aromatic rings. The van der Waals surface area contributed by atoms with Gasteiger partial charge in [-0.1, -0.05) is 6.92 Å². The van der Waals surface area contributed by atoms with Gasteiger partial charge < -0.3 is 16.2 Å². The summed E-state index contributed by atoms with van der Waals surface area (Å²) in [5, 5.41) is 21.4. The first kappa shape index (κ1) is 12.3. The third kappa shape index (κ3) is 2.65. The molecule has 0 aromatic heterocycles. The summed E-state index contributed by atoms with van der Waals surface area (Å²) in [7, 11) is 0. The smallest absolute Gasteiger partial charge is 0.101 e. The molecule has 0 heterocycles. The van der Waals surface area contributed by atoms with Gasteiger partial charge in [-0.05, 0) is 31.5 Å². The van der Waals surface area contributed by atoms with Crippen molar-refractivity contribution in [3.8, 4) is 6.07 Å². The first-order chi connectivity index (χ1) is 7.54. The Morgan fingerprint density at radius 2 is 2.25 bits per heavy atom. The molecule has 0 fully saturated rings. The summed E-state index contributed by atoms with van der Waals surface area (Å²) < 4.78 is 0. The van der Waals surface area contributed by atoms with Crippen LogP contribution < -0.4 is 11.1 Å². The highest BCUT2D eigenvalue weighted by Gasteiger charge is 2.21. The SMILES string of the molecule is CCC(C)(CO)Nc1ccc(N)cc1C#N. The number of benzene rings is 1. The molecule has 0 bridgehead atoms. The van der Waals surface area contributed by atoms with Crippen molar-refractivity contribution in [1.82, 2.24) is 0 Å². The highest BCUT2D eigenvalue weighted by Crippen LogP contribution is 2.23.